The summed E-state index contributed by atoms with van der Waals surface area (Å²) in [4.78, 5) is 42.1. The van der Waals surface area contributed by atoms with Crippen LogP contribution in [0.3, 0.4) is 0 Å². The van der Waals surface area contributed by atoms with Gasteiger partial charge < -0.3 is 4.42 Å². The average Bonchev–Trinajstić information content (AvgIpc) is 3.07. The Bertz CT molecular complexity index is 843. The van der Waals surface area contributed by atoms with Gasteiger partial charge in [0.05, 0.1) is 18.5 Å². The van der Waals surface area contributed by atoms with Crippen molar-refractivity contribution in [2.24, 2.45) is 10.9 Å². The van der Waals surface area contributed by atoms with Crippen LogP contribution in [0, 0.1) is 5.92 Å². The lowest BCUT2D eigenvalue weighted by atomic mass is 9.99. The molecule has 7 nitrogen and oxygen atoms in total. The molecule has 128 valence electrons. The first-order valence-electron chi connectivity index (χ1n) is 7.45. The predicted octanol–water partition coefficient (Wildman–Crippen LogP) is 2.79. The number of rotatable bonds is 4. The van der Waals surface area contributed by atoms with E-state index in [1.165, 1.54) is 18.4 Å². The number of nitrogens with one attached hydrogen (secondary N) is 1. The number of carbonyl (C=O) groups excluding carboxylic acids is 3. The zero-order valence-electron chi connectivity index (χ0n) is 13.2. The molecule has 0 bridgehead atoms. The fraction of sp³-hybridized carbons (Fsp3) is 0.176. The minimum absolute atomic E-state index is 0.199. The Labute approximate surface area is 148 Å². The Morgan fingerprint density at radius 1 is 1.24 bits per heavy atom. The van der Waals surface area contributed by atoms with Crippen LogP contribution in [0.4, 0.5) is 10.5 Å². The highest BCUT2D eigenvalue weighted by molar-refractivity contribution is 6.35. The van der Waals surface area contributed by atoms with E-state index in [-0.39, 0.29) is 6.54 Å². The standard InChI is InChI=1S/C17H14ClN3O4/c1-10(19-9-13-3-2-8-25-13)14-15(22)20-17(24)21(16(14)23)12-6-4-11(18)5-7-12/h2-8,14H,9H2,1H3,(H,20,22,24). The van der Waals surface area contributed by atoms with Crippen molar-refractivity contribution < 1.29 is 18.8 Å². The molecule has 2 aromatic rings. The first kappa shape index (κ1) is 16.9. The Balaban J connectivity index is 1.87. The smallest absolute Gasteiger partial charge is 0.335 e. The van der Waals surface area contributed by atoms with Gasteiger partial charge in [0.2, 0.25) is 5.91 Å². The number of carbonyl (C=O) groups is 3. The van der Waals surface area contributed by atoms with E-state index < -0.39 is 23.8 Å². The third-order valence-electron chi connectivity index (χ3n) is 3.73. The largest absolute Gasteiger partial charge is 0.467 e. The number of aliphatic imine (C=N–C) groups is 1. The van der Waals surface area contributed by atoms with E-state index >= 15 is 0 Å². The van der Waals surface area contributed by atoms with Gasteiger partial charge in [-0.1, -0.05) is 11.6 Å². The normalized spacial score (nSPS) is 18.5. The van der Waals surface area contributed by atoms with Crippen LogP contribution in [0.25, 0.3) is 0 Å². The molecule has 0 aliphatic carbocycles. The predicted molar refractivity (Wildman–Crippen MR) is 91.5 cm³/mol. The monoisotopic (exact) mass is 359 g/mol. The minimum atomic E-state index is -1.18. The van der Waals surface area contributed by atoms with E-state index in [4.69, 9.17) is 16.0 Å². The maximum Gasteiger partial charge on any atom is 0.335 e. The number of furan rings is 1. The van der Waals surface area contributed by atoms with Gasteiger partial charge in [0.25, 0.3) is 5.91 Å². The molecule has 1 aromatic carbocycles. The van der Waals surface area contributed by atoms with E-state index in [1.807, 2.05) is 0 Å². The molecule has 4 amide bonds. The number of amides is 4. The maximum absolute atomic E-state index is 12.7. The van der Waals surface area contributed by atoms with Gasteiger partial charge in [-0.05, 0) is 43.3 Å². The van der Waals surface area contributed by atoms with E-state index in [2.05, 4.69) is 10.3 Å². The van der Waals surface area contributed by atoms with Crippen molar-refractivity contribution in [2.45, 2.75) is 13.5 Å². The van der Waals surface area contributed by atoms with Crippen molar-refractivity contribution in [3.05, 3.63) is 53.4 Å². The maximum atomic E-state index is 12.7. The van der Waals surface area contributed by atoms with Gasteiger partial charge in [-0.3, -0.25) is 19.9 Å². The molecule has 1 aromatic heterocycles. The van der Waals surface area contributed by atoms with E-state index in [0.29, 0.717) is 22.2 Å². The number of halogens is 1. The molecule has 8 heteroatoms. The molecule has 25 heavy (non-hydrogen) atoms. The van der Waals surface area contributed by atoms with Crippen LogP contribution in [0.15, 0.2) is 52.1 Å². The van der Waals surface area contributed by atoms with Crippen LogP contribution in [0.2, 0.25) is 5.02 Å². The molecule has 0 saturated carbocycles. The number of anilines is 1. The van der Waals surface area contributed by atoms with Gasteiger partial charge in [0.15, 0.2) is 5.92 Å². The molecule has 1 unspecified atom stereocenters. The van der Waals surface area contributed by atoms with Gasteiger partial charge in [-0.2, -0.15) is 0 Å². The molecule has 2 heterocycles. The lowest BCUT2D eigenvalue weighted by Crippen LogP contribution is -2.60. The third-order valence-corrected chi connectivity index (χ3v) is 3.98. The first-order chi connectivity index (χ1) is 12.0. The summed E-state index contributed by atoms with van der Waals surface area (Å²) in [5.74, 6) is -1.92. The van der Waals surface area contributed by atoms with Crippen LogP contribution in [0.1, 0.15) is 12.7 Å². The van der Waals surface area contributed by atoms with E-state index in [1.54, 1.807) is 31.2 Å². The Morgan fingerprint density at radius 2 is 1.96 bits per heavy atom. The van der Waals surface area contributed by atoms with Gasteiger partial charge in [0, 0.05) is 10.7 Å². The summed E-state index contributed by atoms with van der Waals surface area (Å²) < 4.78 is 5.17. The SMILES string of the molecule is CC(=NCc1ccco1)C1C(=O)NC(=O)N(c2ccc(Cl)cc2)C1=O. The number of barbiturate groups is 1. The fourth-order valence-electron chi connectivity index (χ4n) is 2.47. The quantitative estimate of drug-likeness (QED) is 0.671. The minimum Gasteiger partial charge on any atom is -0.467 e. The topological polar surface area (TPSA) is 92.0 Å². The second-order valence-corrected chi connectivity index (χ2v) is 5.85. The molecule has 1 aliphatic rings. The van der Waals surface area contributed by atoms with E-state index in [0.717, 1.165) is 4.90 Å². The zero-order chi connectivity index (χ0) is 18.0. The van der Waals surface area contributed by atoms with Crippen LogP contribution in [-0.2, 0) is 16.1 Å². The second kappa shape index (κ2) is 6.90. The number of imide groups is 2. The van der Waals surface area contributed by atoms with Crippen molar-refractivity contribution in [3.8, 4) is 0 Å². The Kier molecular flexibility index (Phi) is 4.67. The van der Waals surface area contributed by atoms with Gasteiger partial charge in [-0.25, -0.2) is 9.69 Å². The zero-order valence-corrected chi connectivity index (χ0v) is 14.0. The third kappa shape index (κ3) is 3.46. The summed E-state index contributed by atoms with van der Waals surface area (Å²) in [5, 5.41) is 2.66. The summed E-state index contributed by atoms with van der Waals surface area (Å²) in [5.41, 5.74) is 0.619. The van der Waals surface area contributed by atoms with Crippen molar-refractivity contribution in [2.75, 3.05) is 4.90 Å². The lowest BCUT2D eigenvalue weighted by molar-refractivity contribution is -0.131. The molecule has 1 atom stereocenters. The van der Waals surface area contributed by atoms with Crippen LogP contribution in [0.5, 0.6) is 0 Å². The Morgan fingerprint density at radius 3 is 2.60 bits per heavy atom. The molecule has 1 fully saturated rings. The highest BCUT2D eigenvalue weighted by Crippen LogP contribution is 2.23. The molecular formula is C17H14ClN3O4. The second-order valence-electron chi connectivity index (χ2n) is 5.41. The van der Waals surface area contributed by atoms with Crippen molar-refractivity contribution in [3.63, 3.8) is 0 Å². The number of urea groups is 1. The van der Waals surface area contributed by atoms with Crippen molar-refractivity contribution in [1.29, 1.82) is 0 Å². The molecule has 1 saturated heterocycles. The number of hydrogen-bond donors (Lipinski definition) is 1. The Hall–Kier alpha value is -2.93. The molecule has 0 spiro atoms. The first-order valence-corrected chi connectivity index (χ1v) is 7.83. The lowest BCUT2D eigenvalue weighted by Gasteiger charge is -2.30. The molecule has 0 radical (unpaired) electrons. The van der Waals surface area contributed by atoms with Gasteiger partial charge in [0.1, 0.15) is 5.76 Å². The van der Waals surface area contributed by atoms with Crippen molar-refractivity contribution >= 4 is 40.8 Å². The fourth-order valence-corrected chi connectivity index (χ4v) is 2.60. The van der Waals surface area contributed by atoms with Crippen LogP contribution >= 0.6 is 11.6 Å². The highest BCUT2D eigenvalue weighted by Gasteiger charge is 2.42. The summed E-state index contributed by atoms with van der Waals surface area (Å²) in [6, 6.07) is 8.83. The highest BCUT2D eigenvalue weighted by atomic mass is 35.5. The number of benzene rings is 1. The summed E-state index contributed by atoms with van der Waals surface area (Å²) >= 11 is 5.83. The molecule has 1 aliphatic heterocycles. The number of hydrogen-bond acceptors (Lipinski definition) is 5. The molecule has 3 rings (SSSR count). The van der Waals surface area contributed by atoms with E-state index in [9.17, 15) is 14.4 Å². The van der Waals surface area contributed by atoms with Crippen LogP contribution < -0.4 is 10.2 Å². The molecule has 1 N–H and O–H groups in total. The molecular weight excluding hydrogens is 346 g/mol. The summed E-state index contributed by atoms with van der Waals surface area (Å²) in [7, 11) is 0. The average molecular weight is 360 g/mol. The number of nitrogens with zero attached hydrogens (tertiary/aromatic N) is 2. The van der Waals surface area contributed by atoms with Crippen LogP contribution in [-0.4, -0.2) is 23.6 Å². The van der Waals surface area contributed by atoms with Crippen molar-refractivity contribution in [1.82, 2.24) is 5.32 Å². The van der Waals surface area contributed by atoms with Gasteiger partial charge >= 0.3 is 6.03 Å². The van der Waals surface area contributed by atoms with Gasteiger partial charge in [-0.15, -0.1) is 0 Å². The summed E-state index contributed by atoms with van der Waals surface area (Å²) in [6.45, 7) is 1.77. The summed E-state index contributed by atoms with van der Waals surface area (Å²) in [6.07, 6.45) is 1.51.